The summed E-state index contributed by atoms with van der Waals surface area (Å²) in [5.74, 6) is 1.27. The number of benzene rings is 3. The van der Waals surface area contributed by atoms with Gasteiger partial charge in [0.25, 0.3) is 15.9 Å². The number of sulfonamides is 1. The Labute approximate surface area is 206 Å². The summed E-state index contributed by atoms with van der Waals surface area (Å²) in [6, 6.07) is 16.7. The molecule has 8 nitrogen and oxygen atoms in total. The molecule has 3 rings (SSSR count). The monoisotopic (exact) mass is 498 g/mol. The molecule has 0 heterocycles. The minimum atomic E-state index is -3.85. The van der Waals surface area contributed by atoms with E-state index >= 15 is 0 Å². The van der Waals surface area contributed by atoms with Crippen LogP contribution in [-0.4, -0.2) is 48.7 Å². The van der Waals surface area contributed by atoms with Crippen molar-refractivity contribution < 1.29 is 27.4 Å². The standard InChI is InChI=1S/C26H30N2O6S/c1-18-6-7-19(2)24(16-18)34-15-14-27-26(29)20-8-10-21(11-9-20)28(3)35(30,31)22-12-13-23(32-4)25(17-22)33-5/h6-13,16-17H,14-15H2,1-5H3,(H,27,29). The van der Waals surface area contributed by atoms with Crippen LogP contribution in [-0.2, 0) is 10.0 Å². The van der Waals surface area contributed by atoms with Crippen LogP contribution in [0.2, 0.25) is 0 Å². The molecule has 0 unspecified atom stereocenters. The second-order valence-electron chi connectivity index (χ2n) is 7.91. The number of nitrogens with zero attached hydrogens (tertiary/aromatic N) is 1. The summed E-state index contributed by atoms with van der Waals surface area (Å²) >= 11 is 0. The van der Waals surface area contributed by atoms with Crippen molar-refractivity contribution in [1.29, 1.82) is 0 Å². The molecule has 0 radical (unpaired) electrons. The van der Waals surface area contributed by atoms with Crippen LogP contribution in [0.3, 0.4) is 0 Å². The molecule has 0 bridgehead atoms. The van der Waals surface area contributed by atoms with E-state index in [1.54, 1.807) is 24.3 Å². The van der Waals surface area contributed by atoms with Gasteiger partial charge in [0.1, 0.15) is 12.4 Å². The molecular formula is C26H30N2O6S. The molecular weight excluding hydrogens is 468 g/mol. The zero-order chi connectivity index (χ0) is 25.6. The van der Waals surface area contributed by atoms with Crippen molar-refractivity contribution >= 4 is 21.6 Å². The van der Waals surface area contributed by atoms with Crippen LogP contribution in [0.25, 0.3) is 0 Å². The predicted octanol–water partition coefficient (Wildman–Crippen LogP) is 3.95. The van der Waals surface area contributed by atoms with Crippen LogP contribution in [0.4, 0.5) is 5.69 Å². The molecule has 0 atom stereocenters. The average molecular weight is 499 g/mol. The number of hydrogen-bond donors (Lipinski definition) is 1. The van der Waals surface area contributed by atoms with Gasteiger partial charge in [-0.1, -0.05) is 12.1 Å². The lowest BCUT2D eigenvalue weighted by Gasteiger charge is -2.20. The molecule has 186 valence electrons. The zero-order valence-corrected chi connectivity index (χ0v) is 21.3. The smallest absolute Gasteiger partial charge is 0.264 e. The Morgan fingerprint density at radius 1 is 0.886 bits per heavy atom. The van der Waals surface area contributed by atoms with Crippen LogP contribution >= 0.6 is 0 Å². The second kappa shape index (κ2) is 11.1. The fourth-order valence-corrected chi connectivity index (χ4v) is 4.60. The number of hydrogen-bond acceptors (Lipinski definition) is 6. The van der Waals surface area contributed by atoms with E-state index in [9.17, 15) is 13.2 Å². The van der Waals surface area contributed by atoms with Crippen molar-refractivity contribution in [3.05, 3.63) is 77.4 Å². The Morgan fingerprint density at radius 2 is 1.57 bits per heavy atom. The van der Waals surface area contributed by atoms with Crippen LogP contribution in [0.15, 0.2) is 65.6 Å². The lowest BCUT2D eigenvalue weighted by molar-refractivity contribution is 0.0947. The quantitative estimate of drug-likeness (QED) is 0.426. The molecule has 0 aliphatic rings. The van der Waals surface area contributed by atoms with Gasteiger partial charge in [-0.15, -0.1) is 0 Å². The number of rotatable bonds is 10. The maximum Gasteiger partial charge on any atom is 0.264 e. The Kier molecular flexibility index (Phi) is 8.24. The van der Waals surface area contributed by atoms with Crippen LogP contribution < -0.4 is 23.8 Å². The average Bonchev–Trinajstić information content (AvgIpc) is 2.87. The van der Waals surface area contributed by atoms with Gasteiger partial charge in [-0.25, -0.2) is 8.42 Å². The maximum absolute atomic E-state index is 13.1. The summed E-state index contributed by atoms with van der Waals surface area (Å²) in [5.41, 5.74) is 2.96. The molecule has 0 aromatic heterocycles. The van der Waals surface area contributed by atoms with E-state index in [-0.39, 0.29) is 10.8 Å². The van der Waals surface area contributed by atoms with Crippen molar-refractivity contribution in [3.8, 4) is 17.2 Å². The first kappa shape index (κ1) is 25.9. The van der Waals surface area contributed by atoms with E-state index in [1.165, 1.54) is 39.5 Å². The molecule has 0 saturated carbocycles. The summed E-state index contributed by atoms with van der Waals surface area (Å²) in [7, 11) is 0.520. The normalized spacial score (nSPS) is 11.0. The second-order valence-corrected chi connectivity index (χ2v) is 9.88. The van der Waals surface area contributed by atoms with Crippen molar-refractivity contribution in [2.24, 2.45) is 0 Å². The maximum atomic E-state index is 13.1. The summed E-state index contributed by atoms with van der Waals surface area (Å²) in [6.07, 6.45) is 0. The highest BCUT2D eigenvalue weighted by Gasteiger charge is 2.23. The number of nitrogens with one attached hydrogen (secondary N) is 1. The lowest BCUT2D eigenvalue weighted by Crippen LogP contribution is -2.28. The van der Waals surface area contributed by atoms with E-state index in [2.05, 4.69) is 5.32 Å². The number of ether oxygens (including phenoxy) is 3. The fraction of sp³-hybridized carbons (Fsp3) is 0.269. The number of methoxy groups -OCH3 is 2. The van der Waals surface area contributed by atoms with Gasteiger partial charge in [0.2, 0.25) is 0 Å². The van der Waals surface area contributed by atoms with E-state index in [0.717, 1.165) is 21.2 Å². The third-order valence-electron chi connectivity index (χ3n) is 5.50. The number of carbonyl (C=O) groups excluding carboxylic acids is 1. The van der Waals surface area contributed by atoms with Crippen LogP contribution in [0.1, 0.15) is 21.5 Å². The van der Waals surface area contributed by atoms with Gasteiger partial charge in [-0.2, -0.15) is 0 Å². The van der Waals surface area contributed by atoms with Crippen LogP contribution in [0, 0.1) is 13.8 Å². The molecule has 1 amide bonds. The molecule has 0 aliphatic carbocycles. The van der Waals surface area contributed by atoms with Gasteiger partial charge < -0.3 is 19.5 Å². The molecule has 9 heteroatoms. The number of anilines is 1. The SMILES string of the molecule is COc1ccc(S(=O)(=O)N(C)c2ccc(C(=O)NCCOc3cc(C)ccc3C)cc2)cc1OC. The third kappa shape index (κ3) is 6.05. The molecule has 0 saturated heterocycles. The number of aryl methyl sites for hydroxylation is 2. The minimum Gasteiger partial charge on any atom is -0.493 e. The molecule has 0 fully saturated rings. The van der Waals surface area contributed by atoms with Gasteiger partial charge in [0.05, 0.1) is 31.3 Å². The first-order valence-electron chi connectivity index (χ1n) is 11.0. The topological polar surface area (TPSA) is 94.2 Å². The highest BCUT2D eigenvalue weighted by Crippen LogP contribution is 2.31. The summed E-state index contributed by atoms with van der Waals surface area (Å²) in [5, 5.41) is 2.81. The summed E-state index contributed by atoms with van der Waals surface area (Å²) in [6.45, 7) is 4.63. The molecule has 3 aromatic rings. The van der Waals surface area contributed by atoms with Crippen molar-refractivity contribution in [3.63, 3.8) is 0 Å². The Morgan fingerprint density at radius 3 is 2.23 bits per heavy atom. The third-order valence-corrected chi connectivity index (χ3v) is 7.28. The largest absolute Gasteiger partial charge is 0.493 e. The highest BCUT2D eigenvalue weighted by atomic mass is 32.2. The van der Waals surface area contributed by atoms with E-state index < -0.39 is 10.0 Å². The molecule has 1 N–H and O–H groups in total. The van der Waals surface area contributed by atoms with Crippen molar-refractivity contribution in [2.45, 2.75) is 18.7 Å². The Balaban J connectivity index is 1.62. The van der Waals surface area contributed by atoms with Gasteiger partial charge in [-0.05, 0) is 67.4 Å². The molecule has 3 aromatic carbocycles. The van der Waals surface area contributed by atoms with Crippen molar-refractivity contribution in [1.82, 2.24) is 5.32 Å². The van der Waals surface area contributed by atoms with Crippen LogP contribution in [0.5, 0.6) is 17.2 Å². The van der Waals surface area contributed by atoms with Gasteiger partial charge in [0, 0.05) is 18.7 Å². The van der Waals surface area contributed by atoms with E-state index in [4.69, 9.17) is 14.2 Å². The predicted molar refractivity (Wildman–Crippen MR) is 135 cm³/mol. The Hall–Kier alpha value is -3.72. The van der Waals surface area contributed by atoms with E-state index in [0.29, 0.717) is 35.9 Å². The summed E-state index contributed by atoms with van der Waals surface area (Å²) in [4.78, 5) is 12.5. The van der Waals surface area contributed by atoms with E-state index in [1.807, 2.05) is 32.0 Å². The van der Waals surface area contributed by atoms with Gasteiger partial charge in [0.15, 0.2) is 11.5 Å². The number of carbonyl (C=O) groups is 1. The first-order valence-corrected chi connectivity index (χ1v) is 12.4. The molecule has 0 aliphatic heterocycles. The molecule has 35 heavy (non-hydrogen) atoms. The number of amides is 1. The van der Waals surface area contributed by atoms with Gasteiger partial charge in [-0.3, -0.25) is 9.10 Å². The zero-order valence-electron chi connectivity index (χ0n) is 20.5. The van der Waals surface area contributed by atoms with Crippen molar-refractivity contribution in [2.75, 3.05) is 38.7 Å². The lowest BCUT2D eigenvalue weighted by atomic mass is 10.1. The molecule has 0 spiro atoms. The fourth-order valence-electron chi connectivity index (χ4n) is 3.39. The first-order chi connectivity index (χ1) is 16.7. The van der Waals surface area contributed by atoms with Gasteiger partial charge >= 0.3 is 0 Å². The highest BCUT2D eigenvalue weighted by molar-refractivity contribution is 7.92. The minimum absolute atomic E-state index is 0.0586. The Bertz CT molecular complexity index is 1290. The summed E-state index contributed by atoms with van der Waals surface area (Å²) < 4.78 is 43.5.